The van der Waals surface area contributed by atoms with E-state index in [1.807, 2.05) is 54.3 Å². The molecule has 0 bridgehead atoms. The van der Waals surface area contributed by atoms with Crippen molar-refractivity contribution < 1.29 is 18.9 Å². The molecule has 11 heteroatoms. The number of aromatic nitrogens is 1. The van der Waals surface area contributed by atoms with Crippen LogP contribution in [-0.4, -0.2) is 47.2 Å². The molecular formula is C26H23N5O5S. The quantitative estimate of drug-likeness (QED) is 0.221. The third kappa shape index (κ3) is 5.13. The lowest BCUT2D eigenvalue weighted by molar-refractivity contribution is -0.384. The first kappa shape index (κ1) is 24.3. The SMILES string of the molecule is Cc1c(NC(=S)NC(=O)c2cc([N+](=O)[O-])ccc2N2CCOCC2)cccc1-c1nc2ccccc2o1. The molecule has 1 fully saturated rings. The van der Waals surface area contributed by atoms with E-state index in [-0.39, 0.29) is 16.4 Å². The highest BCUT2D eigenvalue weighted by Crippen LogP contribution is 2.31. The van der Waals surface area contributed by atoms with E-state index in [0.29, 0.717) is 49.2 Å². The van der Waals surface area contributed by atoms with Gasteiger partial charge >= 0.3 is 0 Å². The second-order valence-electron chi connectivity index (χ2n) is 8.43. The number of nitrogens with zero attached hydrogens (tertiary/aromatic N) is 3. The summed E-state index contributed by atoms with van der Waals surface area (Å²) in [5.41, 5.74) is 4.29. The summed E-state index contributed by atoms with van der Waals surface area (Å²) in [4.78, 5) is 30.6. The molecule has 2 heterocycles. The number of non-ortho nitro benzene ring substituents is 1. The summed E-state index contributed by atoms with van der Waals surface area (Å²) in [5, 5.41) is 17.1. The molecule has 0 atom stereocenters. The van der Waals surface area contributed by atoms with Crippen molar-refractivity contribution in [3.05, 3.63) is 81.9 Å². The predicted molar refractivity (Wildman–Crippen MR) is 144 cm³/mol. The summed E-state index contributed by atoms with van der Waals surface area (Å²) >= 11 is 5.42. The van der Waals surface area contributed by atoms with E-state index in [4.69, 9.17) is 21.4 Å². The molecule has 0 spiro atoms. The van der Waals surface area contributed by atoms with Crippen molar-refractivity contribution >= 4 is 51.4 Å². The maximum atomic E-state index is 13.2. The van der Waals surface area contributed by atoms with Crippen LogP contribution in [0.5, 0.6) is 0 Å². The van der Waals surface area contributed by atoms with Crippen molar-refractivity contribution in [2.45, 2.75) is 6.92 Å². The van der Waals surface area contributed by atoms with Gasteiger partial charge in [0.05, 0.1) is 29.4 Å². The molecule has 3 aromatic carbocycles. The predicted octanol–water partition coefficient (Wildman–Crippen LogP) is 4.67. The summed E-state index contributed by atoms with van der Waals surface area (Å²) < 4.78 is 11.3. The largest absolute Gasteiger partial charge is 0.436 e. The number of carbonyl (C=O) groups is 1. The van der Waals surface area contributed by atoms with E-state index in [9.17, 15) is 14.9 Å². The summed E-state index contributed by atoms with van der Waals surface area (Å²) in [5.74, 6) is -0.0699. The normalized spacial score (nSPS) is 13.4. The van der Waals surface area contributed by atoms with Crippen LogP contribution >= 0.6 is 12.2 Å². The number of hydrogen-bond acceptors (Lipinski definition) is 8. The Balaban J connectivity index is 1.37. The second-order valence-corrected chi connectivity index (χ2v) is 8.84. The minimum Gasteiger partial charge on any atom is -0.436 e. The molecule has 1 aromatic heterocycles. The third-order valence-electron chi connectivity index (χ3n) is 6.12. The first-order chi connectivity index (χ1) is 17.9. The maximum absolute atomic E-state index is 13.2. The van der Waals surface area contributed by atoms with Gasteiger partial charge in [-0.05, 0) is 55.0 Å². The van der Waals surface area contributed by atoms with Gasteiger partial charge < -0.3 is 19.4 Å². The number of para-hydroxylation sites is 2. The number of oxazole rings is 1. The summed E-state index contributed by atoms with van der Waals surface area (Å²) in [6.07, 6.45) is 0. The van der Waals surface area contributed by atoms with Gasteiger partial charge in [0.1, 0.15) is 5.52 Å². The van der Waals surface area contributed by atoms with Crippen LogP contribution in [0.15, 0.2) is 65.1 Å². The molecule has 0 saturated carbocycles. The number of carbonyl (C=O) groups excluding carboxylic acids is 1. The van der Waals surface area contributed by atoms with Gasteiger partial charge in [-0.2, -0.15) is 0 Å². The maximum Gasteiger partial charge on any atom is 0.270 e. The van der Waals surface area contributed by atoms with Crippen LogP contribution in [0, 0.1) is 17.0 Å². The fourth-order valence-electron chi connectivity index (χ4n) is 4.21. The van der Waals surface area contributed by atoms with Gasteiger partial charge in [0.2, 0.25) is 5.89 Å². The average molecular weight is 518 g/mol. The number of fused-ring (bicyclic) bond motifs is 1. The van der Waals surface area contributed by atoms with Crippen LogP contribution in [0.3, 0.4) is 0 Å². The fourth-order valence-corrected chi connectivity index (χ4v) is 4.42. The standard InChI is InChI=1S/C26H23N5O5S/c1-16-18(25-27-21-6-2-3-8-23(21)36-25)5-4-7-20(16)28-26(37)29-24(32)19-15-17(31(33)34)9-10-22(19)30-11-13-35-14-12-30/h2-10,15H,11-14H2,1H3,(H2,28,29,32,37). The lowest BCUT2D eigenvalue weighted by Gasteiger charge is -2.30. The van der Waals surface area contributed by atoms with E-state index in [2.05, 4.69) is 15.6 Å². The average Bonchev–Trinajstić information content (AvgIpc) is 3.34. The van der Waals surface area contributed by atoms with E-state index in [0.717, 1.165) is 16.6 Å². The van der Waals surface area contributed by atoms with Crippen LogP contribution in [0.25, 0.3) is 22.6 Å². The molecule has 0 aliphatic carbocycles. The number of hydrogen-bond donors (Lipinski definition) is 2. The number of morpholine rings is 1. The molecule has 1 aliphatic rings. The Bertz CT molecular complexity index is 1480. The Kier molecular flexibility index (Phi) is 6.80. The summed E-state index contributed by atoms with van der Waals surface area (Å²) in [7, 11) is 0. The van der Waals surface area contributed by atoms with Crippen molar-refractivity contribution in [2.24, 2.45) is 0 Å². The molecule has 0 radical (unpaired) electrons. The second kappa shape index (κ2) is 10.3. The highest BCUT2D eigenvalue weighted by atomic mass is 32.1. The Labute approximate surface area is 217 Å². The van der Waals surface area contributed by atoms with Gasteiger partial charge in [-0.1, -0.05) is 18.2 Å². The van der Waals surface area contributed by atoms with Gasteiger partial charge in [-0.25, -0.2) is 4.98 Å². The molecule has 1 amide bonds. The lowest BCUT2D eigenvalue weighted by atomic mass is 10.1. The van der Waals surface area contributed by atoms with E-state index in [1.54, 1.807) is 6.07 Å². The van der Waals surface area contributed by atoms with Crippen molar-refractivity contribution in [2.75, 3.05) is 36.5 Å². The van der Waals surface area contributed by atoms with Crippen molar-refractivity contribution in [1.82, 2.24) is 10.3 Å². The molecule has 37 heavy (non-hydrogen) atoms. The number of ether oxygens (including phenoxy) is 1. The molecule has 5 rings (SSSR count). The molecule has 0 unspecified atom stereocenters. The number of thiocarbonyl (C=S) groups is 1. The smallest absolute Gasteiger partial charge is 0.270 e. The van der Waals surface area contributed by atoms with Gasteiger partial charge in [-0.3, -0.25) is 20.2 Å². The summed E-state index contributed by atoms with van der Waals surface area (Å²) in [6, 6.07) is 17.3. The van der Waals surface area contributed by atoms with Gasteiger partial charge in [0, 0.05) is 36.5 Å². The molecule has 2 N–H and O–H groups in total. The number of nitro benzene ring substituents is 1. The zero-order chi connectivity index (χ0) is 25.9. The van der Waals surface area contributed by atoms with Crippen molar-refractivity contribution in [1.29, 1.82) is 0 Å². The van der Waals surface area contributed by atoms with Crippen molar-refractivity contribution in [3.63, 3.8) is 0 Å². The first-order valence-corrected chi connectivity index (χ1v) is 12.0. The Morgan fingerprint density at radius 1 is 1.11 bits per heavy atom. The zero-order valence-electron chi connectivity index (χ0n) is 19.9. The molecule has 188 valence electrons. The van der Waals surface area contributed by atoms with E-state index in [1.165, 1.54) is 12.1 Å². The number of nitrogens with one attached hydrogen (secondary N) is 2. The number of rotatable bonds is 5. The summed E-state index contributed by atoms with van der Waals surface area (Å²) in [6.45, 7) is 4.06. The molecule has 1 saturated heterocycles. The minimum atomic E-state index is -0.546. The number of benzene rings is 3. The number of nitro groups is 1. The van der Waals surface area contributed by atoms with E-state index < -0.39 is 10.8 Å². The molecular weight excluding hydrogens is 494 g/mol. The number of anilines is 2. The van der Waals surface area contributed by atoms with Crippen LogP contribution in [0.4, 0.5) is 17.1 Å². The van der Waals surface area contributed by atoms with Crippen molar-refractivity contribution in [3.8, 4) is 11.5 Å². The first-order valence-electron chi connectivity index (χ1n) is 11.6. The highest BCUT2D eigenvalue weighted by Gasteiger charge is 2.23. The van der Waals surface area contributed by atoms with Crippen LogP contribution in [-0.2, 0) is 4.74 Å². The van der Waals surface area contributed by atoms with Gasteiger partial charge in [-0.15, -0.1) is 0 Å². The van der Waals surface area contributed by atoms with E-state index >= 15 is 0 Å². The third-order valence-corrected chi connectivity index (χ3v) is 6.32. The minimum absolute atomic E-state index is 0.0576. The molecule has 1 aliphatic heterocycles. The number of amides is 1. The van der Waals surface area contributed by atoms with Crippen LogP contribution < -0.4 is 15.5 Å². The lowest BCUT2D eigenvalue weighted by Crippen LogP contribution is -2.39. The van der Waals surface area contributed by atoms with Crippen LogP contribution in [0.1, 0.15) is 15.9 Å². The van der Waals surface area contributed by atoms with Gasteiger partial charge in [0.25, 0.3) is 11.6 Å². The zero-order valence-corrected chi connectivity index (χ0v) is 20.7. The highest BCUT2D eigenvalue weighted by molar-refractivity contribution is 7.80. The molecule has 4 aromatic rings. The Morgan fingerprint density at radius 2 is 1.89 bits per heavy atom. The molecule has 10 nitrogen and oxygen atoms in total. The Morgan fingerprint density at radius 3 is 2.65 bits per heavy atom. The monoisotopic (exact) mass is 517 g/mol. The van der Waals surface area contributed by atoms with Gasteiger partial charge in [0.15, 0.2) is 10.7 Å². The topological polar surface area (TPSA) is 123 Å². The fraction of sp³-hybridized carbons (Fsp3) is 0.192. The van der Waals surface area contributed by atoms with Crippen LogP contribution in [0.2, 0.25) is 0 Å². The Hall–Kier alpha value is -4.35.